The van der Waals surface area contributed by atoms with Crippen LogP contribution < -0.4 is 0 Å². The molecule has 1 aliphatic heterocycles. The molecule has 1 saturated heterocycles. The molecule has 1 heterocycles. The summed E-state index contributed by atoms with van der Waals surface area (Å²) in [4.78, 5) is 4.96. The van der Waals surface area contributed by atoms with E-state index in [4.69, 9.17) is 0 Å². The fourth-order valence-electron chi connectivity index (χ4n) is 2.86. The van der Waals surface area contributed by atoms with E-state index in [1.807, 2.05) is 0 Å². The first-order valence-corrected chi connectivity index (χ1v) is 7.54. The third-order valence-corrected chi connectivity index (χ3v) is 4.34. The lowest BCUT2D eigenvalue weighted by Crippen LogP contribution is -2.41. The third kappa shape index (κ3) is 4.05. The quantitative estimate of drug-likeness (QED) is 0.819. The number of hydrogen-bond acceptors (Lipinski definition) is 2. The first-order chi connectivity index (χ1) is 9.06. The SMILES string of the molecule is CC(C)c1ccc(CN2CCC(N(C)C)CC2)cc1. The van der Waals surface area contributed by atoms with Crippen LogP contribution in [-0.2, 0) is 6.54 Å². The summed E-state index contributed by atoms with van der Waals surface area (Å²) in [7, 11) is 4.40. The van der Waals surface area contributed by atoms with Gasteiger partial charge in [-0.05, 0) is 57.1 Å². The molecule has 0 amide bonds. The van der Waals surface area contributed by atoms with Crippen molar-refractivity contribution >= 4 is 0 Å². The van der Waals surface area contributed by atoms with Gasteiger partial charge in [0.1, 0.15) is 0 Å². The molecule has 1 aromatic rings. The van der Waals surface area contributed by atoms with E-state index in [9.17, 15) is 0 Å². The van der Waals surface area contributed by atoms with Crippen molar-refractivity contribution in [3.63, 3.8) is 0 Å². The van der Waals surface area contributed by atoms with E-state index in [1.54, 1.807) is 0 Å². The number of rotatable bonds is 4. The van der Waals surface area contributed by atoms with Crippen LogP contribution in [0, 0.1) is 0 Å². The minimum atomic E-state index is 0.630. The Hall–Kier alpha value is -0.860. The summed E-state index contributed by atoms with van der Waals surface area (Å²) in [5.41, 5.74) is 2.89. The smallest absolute Gasteiger partial charge is 0.0233 e. The van der Waals surface area contributed by atoms with E-state index < -0.39 is 0 Å². The van der Waals surface area contributed by atoms with E-state index in [0.29, 0.717) is 5.92 Å². The maximum atomic E-state index is 2.59. The lowest BCUT2D eigenvalue weighted by molar-refractivity contribution is 0.140. The standard InChI is InChI=1S/C17H28N2/c1-14(2)16-7-5-15(6-8-16)13-19-11-9-17(10-12-19)18(3)4/h5-8,14,17H,9-13H2,1-4H3. The maximum Gasteiger partial charge on any atom is 0.0233 e. The Balaban J connectivity index is 1.85. The lowest BCUT2D eigenvalue weighted by atomic mass is 10.0. The molecule has 19 heavy (non-hydrogen) atoms. The summed E-state index contributed by atoms with van der Waals surface area (Å²) < 4.78 is 0. The van der Waals surface area contributed by atoms with Gasteiger partial charge in [-0.1, -0.05) is 38.1 Å². The number of likely N-dealkylation sites (tertiary alicyclic amines) is 1. The van der Waals surface area contributed by atoms with Crippen molar-refractivity contribution in [2.24, 2.45) is 0 Å². The number of nitrogens with zero attached hydrogens (tertiary/aromatic N) is 2. The van der Waals surface area contributed by atoms with Crippen molar-refractivity contribution in [3.05, 3.63) is 35.4 Å². The number of hydrogen-bond donors (Lipinski definition) is 0. The molecule has 1 fully saturated rings. The Morgan fingerprint density at radius 2 is 1.68 bits per heavy atom. The first kappa shape index (κ1) is 14.5. The molecule has 2 rings (SSSR count). The van der Waals surface area contributed by atoms with Crippen molar-refractivity contribution in [2.75, 3.05) is 27.2 Å². The molecule has 0 N–H and O–H groups in total. The molecule has 1 aliphatic rings. The average Bonchev–Trinajstić information content (AvgIpc) is 2.40. The summed E-state index contributed by atoms with van der Waals surface area (Å²) in [5, 5.41) is 0. The highest BCUT2D eigenvalue weighted by Gasteiger charge is 2.20. The van der Waals surface area contributed by atoms with Gasteiger partial charge in [0.25, 0.3) is 0 Å². The Labute approximate surface area is 118 Å². The summed E-state index contributed by atoms with van der Waals surface area (Å²) >= 11 is 0. The van der Waals surface area contributed by atoms with Crippen molar-refractivity contribution in [1.29, 1.82) is 0 Å². The normalized spacial score (nSPS) is 18.4. The average molecular weight is 260 g/mol. The predicted octanol–water partition coefficient (Wildman–Crippen LogP) is 3.34. The topological polar surface area (TPSA) is 6.48 Å². The summed E-state index contributed by atoms with van der Waals surface area (Å²) in [6.45, 7) is 8.07. The first-order valence-electron chi connectivity index (χ1n) is 7.54. The van der Waals surface area contributed by atoms with Gasteiger partial charge in [-0.15, -0.1) is 0 Å². The molecule has 0 unspecified atom stereocenters. The Kier molecular flexibility index (Phi) is 5.00. The summed E-state index contributed by atoms with van der Waals surface area (Å²) in [5.74, 6) is 0.630. The van der Waals surface area contributed by atoms with Crippen LogP contribution in [0.2, 0.25) is 0 Å². The molecule has 106 valence electrons. The van der Waals surface area contributed by atoms with Gasteiger partial charge >= 0.3 is 0 Å². The monoisotopic (exact) mass is 260 g/mol. The van der Waals surface area contributed by atoms with Crippen LogP contribution in [0.4, 0.5) is 0 Å². The minimum Gasteiger partial charge on any atom is -0.306 e. The van der Waals surface area contributed by atoms with E-state index in [1.165, 1.54) is 37.1 Å². The van der Waals surface area contributed by atoms with E-state index in [0.717, 1.165) is 12.6 Å². The van der Waals surface area contributed by atoms with Crippen LogP contribution in [0.1, 0.15) is 43.7 Å². The zero-order valence-corrected chi connectivity index (χ0v) is 12.9. The fourth-order valence-corrected chi connectivity index (χ4v) is 2.86. The van der Waals surface area contributed by atoms with Crippen molar-refractivity contribution in [2.45, 2.75) is 45.2 Å². The Bertz CT molecular complexity index is 373. The number of piperidine rings is 1. The fraction of sp³-hybridized carbons (Fsp3) is 0.647. The van der Waals surface area contributed by atoms with Crippen LogP contribution >= 0.6 is 0 Å². The van der Waals surface area contributed by atoms with Crippen LogP contribution in [0.25, 0.3) is 0 Å². The highest BCUT2D eigenvalue weighted by atomic mass is 15.2. The summed E-state index contributed by atoms with van der Waals surface area (Å²) in [6, 6.07) is 9.94. The van der Waals surface area contributed by atoms with Gasteiger partial charge in [-0.3, -0.25) is 4.90 Å². The molecule has 0 saturated carbocycles. The molecule has 0 radical (unpaired) electrons. The molecule has 0 spiro atoms. The second-order valence-electron chi connectivity index (χ2n) is 6.37. The maximum absolute atomic E-state index is 2.59. The molecule has 0 atom stereocenters. The van der Waals surface area contributed by atoms with Gasteiger partial charge in [-0.25, -0.2) is 0 Å². The predicted molar refractivity (Wildman–Crippen MR) is 82.5 cm³/mol. The van der Waals surface area contributed by atoms with Gasteiger partial charge in [-0.2, -0.15) is 0 Å². The Morgan fingerprint density at radius 3 is 2.16 bits per heavy atom. The van der Waals surface area contributed by atoms with Gasteiger partial charge < -0.3 is 4.90 Å². The van der Waals surface area contributed by atoms with Gasteiger partial charge in [0.2, 0.25) is 0 Å². The van der Waals surface area contributed by atoms with Crippen LogP contribution in [0.5, 0.6) is 0 Å². The Morgan fingerprint density at radius 1 is 1.11 bits per heavy atom. The van der Waals surface area contributed by atoms with Crippen molar-refractivity contribution in [3.8, 4) is 0 Å². The van der Waals surface area contributed by atoms with Gasteiger partial charge in [0.05, 0.1) is 0 Å². The zero-order valence-electron chi connectivity index (χ0n) is 12.9. The van der Waals surface area contributed by atoms with E-state index >= 15 is 0 Å². The molecule has 0 aliphatic carbocycles. The van der Waals surface area contributed by atoms with E-state index in [2.05, 4.69) is 62.0 Å². The molecule has 1 aromatic carbocycles. The third-order valence-electron chi connectivity index (χ3n) is 4.34. The van der Waals surface area contributed by atoms with Gasteiger partial charge in [0, 0.05) is 12.6 Å². The molecular formula is C17H28N2. The molecular weight excluding hydrogens is 232 g/mol. The molecule has 0 bridgehead atoms. The minimum absolute atomic E-state index is 0.630. The molecule has 0 aromatic heterocycles. The lowest BCUT2D eigenvalue weighted by Gasteiger charge is -2.35. The van der Waals surface area contributed by atoms with Crippen LogP contribution in [0.15, 0.2) is 24.3 Å². The molecule has 2 heteroatoms. The summed E-state index contributed by atoms with van der Waals surface area (Å²) in [6.07, 6.45) is 2.61. The highest BCUT2D eigenvalue weighted by molar-refractivity contribution is 5.24. The van der Waals surface area contributed by atoms with E-state index in [-0.39, 0.29) is 0 Å². The van der Waals surface area contributed by atoms with Crippen molar-refractivity contribution in [1.82, 2.24) is 9.80 Å². The number of benzene rings is 1. The largest absolute Gasteiger partial charge is 0.306 e. The van der Waals surface area contributed by atoms with Crippen LogP contribution in [-0.4, -0.2) is 43.0 Å². The second-order valence-corrected chi connectivity index (χ2v) is 6.37. The molecule has 2 nitrogen and oxygen atoms in total. The van der Waals surface area contributed by atoms with Gasteiger partial charge in [0.15, 0.2) is 0 Å². The van der Waals surface area contributed by atoms with Crippen LogP contribution in [0.3, 0.4) is 0 Å². The van der Waals surface area contributed by atoms with Crippen molar-refractivity contribution < 1.29 is 0 Å². The second kappa shape index (κ2) is 6.53. The zero-order chi connectivity index (χ0) is 13.8. The highest BCUT2D eigenvalue weighted by Crippen LogP contribution is 2.18.